The van der Waals surface area contributed by atoms with Crippen LogP contribution in [0.4, 0.5) is 15.9 Å². The van der Waals surface area contributed by atoms with Gasteiger partial charge in [0.05, 0.1) is 5.69 Å². The lowest BCUT2D eigenvalue weighted by molar-refractivity contribution is 0.622. The summed E-state index contributed by atoms with van der Waals surface area (Å²) < 4.78 is 13.9. The van der Waals surface area contributed by atoms with Crippen LogP contribution in [0.5, 0.6) is 0 Å². The molecule has 0 fully saturated rings. The van der Waals surface area contributed by atoms with E-state index in [4.69, 9.17) is 0 Å². The molecule has 0 amide bonds. The third-order valence-electron chi connectivity index (χ3n) is 3.40. The van der Waals surface area contributed by atoms with Gasteiger partial charge in [-0.05, 0) is 34.1 Å². The molecule has 0 saturated heterocycles. The Balaban J connectivity index is 2.07. The quantitative estimate of drug-likeness (QED) is 0.856. The first-order valence-electron chi connectivity index (χ1n) is 6.40. The normalized spacial score (nSPS) is 13.9. The summed E-state index contributed by atoms with van der Waals surface area (Å²) in [6, 6.07) is 6.49. The largest absolute Gasteiger partial charge is 0.329 e. The molecular weight excluding hydrogens is 323 g/mol. The Kier molecular flexibility index (Phi) is 3.67. The fourth-order valence-electron chi connectivity index (χ4n) is 2.38. The first kappa shape index (κ1) is 13.5. The maximum absolute atomic E-state index is 13.4. The number of anilines is 2. The van der Waals surface area contributed by atoms with Gasteiger partial charge in [0, 0.05) is 37.8 Å². The van der Waals surface area contributed by atoms with Crippen molar-refractivity contribution in [2.24, 2.45) is 0 Å². The second kappa shape index (κ2) is 5.46. The van der Waals surface area contributed by atoms with Crippen molar-refractivity contribution in [2.75, 3.05) is 18.5 Å². The molecule has 0 atom stereocenters. The van der Waals surface area contributed by atoms with E-state index in [2.05, 4.69) is 31.2 Å². The molecule has 20 heavy (non-hydrogen) atoms. The zero-order chi connectivity index (χ0) is 14.1. The van der Waals surface area contributed by atoms with E-state index in [0.29, 0.717) is 4.73 Å². The number of nitrogens with zero attached hydrogens (tertiary/aromatic N) is 3. The number of benzene rings is 1. The van der Waals surface area contributed by atoms with Crippen LogP contribution >= 0.6 is 15.9 Å². The fourth-order valence-corrected chi connectivity index (χ4v) is 2.76. The van der Waals surface area contributed by atoms with Gasteiger partial charge in [0.15, 0.2) is 4.73 Å². The Morgan fingerprint density at radius 3 is 3.00 bits per heavy atom. The first-order valence-corrected chi connectivity index (χ1v) is 7.20. The van der Waals surface area contributed by atoms with Gasteiger partial charge in [-0.3, -0.25) is 0 Å². The van der Waals surface area contributed by atoms with Gasteiger partial charge in [-0.25, -0.2) is 14.4 Å². The van der Waals surface area contributed by atoms with Crippen LogP contribution in [0.25, 0.3) is 0 Å². The summed E-state index contributed by atoms with van der Waals surface area (Å²) in [5.74, 6) is 0.550. The smallest absolute Gasteiger partial charge is 0.198 e. The summed E-state index contributed by atoms with van der Waals surface area (Å²) in [5.41, 5.74) is 2.89. The fraction of sp³-hybridized carbons (Fsp3) is 0.286. The molecule has 104 valence electrons. The summed E-state index contributed by atoms with van der Waals surface area (Å²) >= 11 is 3.35. The van der Waals surface area contributed by atoms with Crippen molar-refractivity contribution >= 4 is 27.4 Å². The van der Waals surface area contributed by atoms with Gasteiger partial charge in [-0.2, -0.15) is 0 Å². The predicted octanol–water partition coefficient (Wildman–Crippen LogP) is 2.79. The number of hydrogen-bond donors (Lipinski definition) is 1. The van der Waals surface area contributed by atoms with Gasteiger partial charge >= 0.3 is 0 Å². The Morgan fingerprint density at radius 2 is 2.20 bits per heavy atom. The molecule has 0 saturated carbocycles. The first-order chi connectivity index (χ1) is 9.65. The van der Waals surface area contributed by atoms with E-state index in [-0.39, 0.29) is 5.82 Å². The van der Waals surface area contributed by atoms with Gasteiger partial charge in [0.1, 0.15) is 11.6 Å². The summed E-state index contributed by atoms with van der Waals surface area (Å²) in [5, 5.41) is 3.32. The van der Waals surface area contributed by atoms with Crippen molar-refractivity contribution in [2.45, 2.75) is 13.0 Å². The van der Waals surface area contributed by atoms with E-state index < -0.39 is 0 Å². The standard InChI is InChI=1S/C14H14BrFN4/c1-20(10-4-2-3-9(16)7-10)13-11-8-17-6-5-12(11)18-14(15)19-13/h2-4,7,17H,5-6,8H2,1H3. The van der Waals surface area contributed by atoms with Crippen LogP contribution in [0.2, 0.25) is 0 Å². The summed E-state index contributed by atoms with van der Waals surface area (Å²) in [6.07, 6.45) is 0.875. The molecule has 0 aliphatic carbocycles. The molecule has 0 radical (unpaired) electrons. The van der Waals surface area contributed by atoms with Crippen molar-refractivity contribution in [1.29, 1.82) is 0 Å². The van der Waals surface area contributed by atoms with Gasteiger partial charge in [-0.15, -0.1) is 0 Å². The Morgan fingerprint density at radius 1 is 1.35 bits per heavy atom. The molecule has 1 aromatic heterocycles. The second-order valence-electron chi connectivity index (χ2n) is 4.71. The molecule has 6 heteroatoms. The van der Waals surface area contributed by atoms with Crippen LogP contribution in [-0.4, -0.2) is 23.6 Å². The molecule has 2 aromatic rings. The molecular formula is C14H14BrFN4. The highest BCUT2D eigenvalue weighted by atomic mass is 79.9. The third-order valence-corrected chi connectivity index (χ3v) is 3.75. The number of nitrogens with one attached hydrogen (secondary N) is 1. The Bertz CT molecular complexity index is 647. The zero-order valence-electron chi connectivity index (χ0n) is 11.0. The Labute approximate surface area is 125 Å². The molecule has 1 N–H and O–H groups in total. The number of rotatable bonds is 2. The van der Waals surface area contributed by atoms with Crippen molar-refractivity contribution in [3.8, 4) is 0 Å². The SMILES string of the molecule is CN(c1cccc(F)c1)c1nc(Br)nc2c1CNCC2. The van der Waals surface area contributed by atoms with Crippen LogP contribution in [-0.2, 0) is 13.0 Å². The minimum Gasteiger partial charge on any atom is -0.329 e. The van der Waals surface area contributed by atoms with Crippen molar-refractivity contribution in [1.82, 2.24) is 15.3 Å². The number of aromatic nitrogens is 2. The topological polar surface area (TPSA) is 41.1 Å². The third kappa shape index (κ3) is 2.53. The summed E-state index contributed by atoms with van der Waals surface area (Å²) in [6.45, 7) is 1.65. The predicted molar refractivity (Wildman–Crippen MR) is 79.6 cm³/mol. The molecule has 2 heterocycles. The summed E-state index contributed by atoms with van der Waals surface area (Å²) in [7, 11) is 1.89. The lowest BCUT2D eigenvalue weighted by atomic mass is 10.1. The van der Waals surface area contributed by atoms with Crippen LogP contribution < -0.4 is 10.2 Å². The lowest BCUT2D eigenvalue weighted by Crippen LogP contribution is -2.28. The van der Waals surface area contributed by atoms with E-state index >= 15 is 0 Å². The highest BCUT2D eigenvalue weighted by molar-refractivity contribution is 9.10. The molecule has 0 bridgehead atoms. The average molecular weight is 337 g/mol. The van der Waals surface area contributed by atoms with Gasteiger partial charge in [0.25, 0.3) is 0 Å². The minimum atomic E-state index is -0.255. The highest BCUT2D eigenvalue weighted by Crippen LogP contribution is 2.29. The van der Waals surface area contributed by atoms with Crippen molar-refractivity contribution in [3.05, 3.63) is 46.1 Å². The number of halogens is 2. The van der Waals surface area contributed by atoms with Gasteiger partial charge in [-0.1, -0.05) is 6.07 Å². The highest BCUT2D eigenvalue weighted by Gasteiger charge is 2.20. The monoisotopic (exact) mass is 336 g/mol. The van der Waals surface area contributed by atoms with E-state index in [1.807, 2.05) is 18.0 Å². The zero-order valence-corrected chi connectivity index (χ0v) is 12.6. The van der Waals surface area contributed by atoms with E-state index in [0.717, 1.165) is 42.3 Å². The van der Waals surface area contributed by atoms with E-state index in [9.17, 15) is 4.39 Å². The van der Waals surface area contributed by atoms with Gasteiger partial charge in [0.2, 0.25) is 0 Å². The van der Waals surface area contributed by atoms with Crippen LogP contribution in [0.1, 0.15) is 11.3 Å². The summed E-state index contributed by atoms with van der Waals surface area (Å²) in [4.78, 5) is 10.8. The maximum atomic E-state index is 13.4. The molecule has 3 rings (SSSR count). The molecule has 0 unspecified atom stereocenters. The molecule has 1 aliphatic heterocycles. The van der Waals surface area contributed by atoms with Crippen LogP contribution in [0.3, 0.4) is 0 Å². The second-order valence-corrected chi connectivity index (χ2v) is 5.42. The lowest BCUT2D eigenvalue weighted by Gasteiger charge is -2.25. The number of fused-ring (bicyclic) bond motifs is 1. The maximum Gasteiger partial charge on any atom is 0.198 e. The number of hydrogen-bond acceptors (Lipinski definition) is 4. The average Bonchev–Trinajstić information content (AvgIpc) is 2.45. The van der Waals surface area contributed by atoms with Crippen molar-refractivity contribution < 1.29 is 4.39 Å². The Hall–Kier alpha value is -1.53. The van der Waals surface area contributed by atoms with E-state index in [1.54, 1.807) is 6.07 Å². The van der Waals surface area contributed by atoms with Gasteiger partial charge < -0.3 is 10.2 Å². The van der Waals surface area contributed by atoms with Crippen LogP contribution in [0.15, 0.2) is 29.0 Å². The minimum absolute atomic E-state index is 0.255. The molecule has 1 aliphatic rings. The van der Waals surface area contributed by atoms with E-state index in [1.165, 1.54) is 12.1 Å². The molecule has 4 nitrogen and oxygen atoms in total. The van der Waals surface area contributed by atoms with Crippen LogP contribution in [0, 0.1) is 5.82 Å². The molecule has 0 spiro atoms. The van der Waals surface area contributed by atoms with Crippen molar-refractivity contribution in [3.63, 3.8) is 0 Å². The molecule has 1 aromatic carbocycles.